The molecule has 0 atom stereocenters. The molecule has 0 spiro atoms. The summed E-state index contributed by atoms with van der Waals surface area (Å²) in [5.74, 6) is 1.13. The highest BCUT2D eigenvalue weighted by molar-refractivity contribution is 7.18. The highest BCUT2D eigenvalue weighted by Gasteiger charge is 2.19. The lowest BCUT2D eigenvalue weighted by molar-refractivity contribution is 0.612. The molecule has 0 unspecified atom stereocenters. The molecule has 78 valence electrons. The minimum atomic E-state index is 1.08. The summed E-state index contributed by atoms with van der Waals surface area (Å²) in [6.45, 7) is 4.47. The lowest BCUT2D eigenvalue weighted by atomic mass is 10.2. The highest BCUT2D eigenvalue weighted by atomic mass is 32.1. The Morgan fingerprint density at radius 2 is 2.27 bits per heavy atom. The number of fused-ring (bicyclic) bond motifs is 1. The number of hydrogen-bond acceptors (Lipinski definition) is 4. The zero-order chi connectivity index (χ0) is 10.3. The monoisotopic (exact) mass is 219 g/mol. The number of aromatic nitrogens is 2. The van der Waals surface area contributed by atoms with Crippen LogP contribution in [0, 0.1) is 0 Å². The van der Waals surface area contributed by atoms with Gasteiger partial charge in [0.25, 0.3) is 0 Å². The van der Waals surface area contributed by atoms with Crippen LogP contribution in [0.4, 0.5) is 5.82 Å². The van der Waals surface area contributed by atoms with Crippen LogP contribution in [0.1, 0.15) is 18.2 Å². The zero-order valence-corrected chi connectivity index (χ0v) is 9.55. The van der Waals surface area contributed by atoms with Gasteiger partial charge in [-0.15, -0.1) is 11.3 Å². The summed E-state index contributed by atoms with van der Waals surface area (Å²) < 4.78 is 0. The summed E-state index contributed by atoms with van der Waals surface area (Å²) in [5.41, 5.74) is 0. The molecule has 0 saturated carbocycles. The predicted octanol–water partition coefficient (Wildman–Crippen LogP) is 2.46. The third-order valence-electron chi connectivity index (χ3n) is 2.86. The van der Waals surface area contributed by atoms with Crippen molar-refractivity contribution in [1.29, 1.82) is 0 Å². The maximum absolute atomic E-state index is 4.40. The van der Waals surface area contributed by atoms with Crippen molar-refractivity contribution in [3.63, 3.8) is 0 Å². The van der Waals surface area contributed by atoms with Crippen molar-refractivity contribution >= 4 is 27.4 Å². The lowest BCUT2D eigenvalue weighted by Gasteiger charge is -2.32. The van der Waals surface area contributed by atoms with Crippen molar-refractivity contribution in [3.05, 3.63) is 17.3 Å². The molecule has 1 aliphatic heterocycles. The van der Waals surface area contributed by atoms with E-state index >= 15 is 0 Å². The highest BCUT2D eigenvalue weighted by Crippen LogP contribution is 2.32. The Morgan fingerprint density at radius 1 is 1.40 bits per heavy atom. The van der Waals surface area contributed by atoms with Gasteiger partial charge in [0.2, 0.25) is 0 Å². The fourth-order valence-corrected chi connectivity index (χ4v) is 2.78. The summed E-state index contributed by atoms with van der Waals surface area (Å²) in [6.07, 6.45) is 4.06. The third kappa shape index (κ3) is 1.40. The molecule has 2 aromatic heterocycles. The average Bonchev–Trinajstić information content (AvgIpc) is 2.59. The predicted molar refractivity (Wildman–Crippen MR) is 63.6 cm³/mol. The second-order valence-electron chi connectivity index (χ2n) is 3.82. The normalized spacial score (nSPS) is 15.7. The largest absolute Gasteiger partial charge is 0.356 e. The number of aryl methyl sites for hydroxylation is 1. The van der Waals surface area contributed by atoms with Crippen LogP contribution >= 0.6 is 11.3 Å². The SMILES string of the molecule is CCc1cc2c(N3CCC3)ncnc2s1. The maximum atomic E-state index is 4.40. The fraction of sp³-hybridized carbons (Fsp3) is 0.455. The van der Waals surface area contributed by atoms with E-state index in [0.717, 1.165) is 30.2 Å². The first-order valence-corrected chi connectivity index (χ1v) is 6.18. The van der Waals surface area contributed by atoms with Gasteiger partial charge in [0.1, 0.15) is 17.0 Å². The van der Waals surface area contributed by atoms with Gasteiger partial charge in [-0.05, 0) is 18.9 Å². The fourth-order valence-electron chi connectivity index (χ4n) is 1.85. The van der Waals surface area contributed by atoms with Crippen LogP contribution in [0.15, 0.2) is 12.4 Å². The van der Waals surface area contributed by atoms with Crippen LogP contribution in [0.25, 0.3) is 10.2 Å². The molecule has 0 amide bonds. The second-order valence-corrected chi connectivity index (χ2v) is 4.94. The first kappa shape index (κ1) is 9.09. The molecule has 3 rings (SSSR count). The van der Waals surface area contributed by atoms with Crippen LogP contribution in [0.2, 0.25) is 0 Å². The van der Waals surface area contributed by atoms with E-state index in [0.29, 0.717) is 0 Å². The van der Waals surface area contributed by atoms with Gasteiger partial charge >= 0.3 is 0 Å². The number of anilines is 1. The average molecular weight is 219 g/mol. The lowest BCUT2D eigenvalue weighted by Crippen LogP contribution is -2.37. The molecule has 4 heteroatoms. The summed E-state index contributed by atoms with van der Waals surface area (Å²) in [5, 5.41) is 1.24. The van der Waals surface area contributed by atoms with Crippen LogP contribution in [-0.4, -0.2) is 23.1 Å². The molecule has 1 saturated heterocycles. The molecule has 3 heterocycles. The van der Waals surface area contributed by atoms with Gasteiger partial charge in [0, 0.05) is 18.0 Å². The van der Waals surface area contributed by atoms with Gasteiger partial charge in [-0.25, -0.2) is 9.97 Å². The molecule has 3 nitrogen and oxygen atoms in total. The molecule has 0 bridgehead atoms. The standard InChI is InChI=1S/C11H13N3S/c1-2-8-6-9-10(14-4-3-5-14)12-7-13-11(9)15-8/h6-7H,2-5H2,1H3. The Labute approximate surface area is 92.8 Å². The van der Waals surface area contributed by atoms with Gasteiger partial charge in [0.05, 0.1) is 5.39 Å². The second kappa shape index (κ2) is 3.45. The first-order valence-electron chi connectivity index (χ1n) is 5.37. The van der Waals surface area contributed by atoms with Crippen LogP contribution in [0.3, 0.4) is 0 Å². The van der Waals surface area contributed by atoms with E-state index in [-0.39, 0.29) is 0 Å². The van der Waals surface area contributed by atoms with Crippen molar-refractivity contribution < 1.29 is 0 Å². The summed E-state index contributed by atoms with van der Waals surface area (Å²) in [6, 6.07) is 2.24. The Balaban J connectivity index is 2.15. The Bertz CT molecular complexity index is 488. The molecule has 0 aromatic carbocycles. The van der Waals surface area contributed by atoms with Crippen LogP contribution in [-0.2, 0) is 6.42 Å². The molecule has 1 fully saturated rings. The molecular weight excluding hydrogens is 206 g/mol. The minimum Gasteiger partial charge on any atom is -0.356 e. The maximum Gasteiger partial charge on any atom is 0.140 e. The number of thiophene rings is 1. The van der Waals surface area contributed by atoms with Crippen LogP contribution in [0.5, 0.6) is 0 Å². The van der Waals surface area contributed by atoms with Gasteiger partial charge in [-0.2, -0.15) is 0 Å². The van der Waals surface area contributed by atoms with Crippen molar-refractivity contribution in [2.45, 2.75) is 19.8 Å². The quantitative estimate of drug-likeness (QED) is 0.777. The molecule has 2 aromatic rings. The van der Waals surface area contributed by atoms with E-state index in [4.69, 9.17) is 0 Å². The summed E-state index contributed by atoms with van der Waals surface area (Å²) in [7, 11) is 0. The zero-order valence-electron chi connectivity index (χ0n) is 8.73. The van der Waals surface area contributed by atoms with E-state index in [2.05, 4.69) is 27.9 Å². The van der Waals surface area contributed by atoms with Gasteiger partial charge in [0.15, 0.2) is 0 Å². The number of nitrogens with zero attached hydrogens (tertiary/aromatic N) is 3. The topological polar surface area (TPSA) is 29.0 Å². The van der Waals surface area contributed by atoms with E-state index < -0.39 is 0 Å². The summed E-state index contributed by atoms with van der Waals surface area (Å²) >= 11 is 1.79. The molecule has 0 N–H and O–H groups in total. The number of hydrogen-bond donors (Lipinski definition) is 0. The number of rotatable bonds is 2. The Morgan fingerprint density at radius 3 is 2.93 bits per heavy atom. The Hall–Kier alpha value is -1.16. The molecular formula is C11H13N3S. The summed E-state index contributed by atoms with van der Waals surface area (Å²) in [4.78, 5) is 13.6. The minimum absolute atomic E-state index is 1.08. The van der Waals surface area contributed by atoms with E-state index in [9.17, 15) is 0 Å². The van der Waals surface area contributed by atoms with Gasteiger partial charge in [-0.3, -0.25) is 0 Å². The van der Waals surface area contributed by atoms with E-state index in [1.807, 2.05) is 0 Å². The molecule has 15 heavy (non-hydrogen) atoms. The van der Waals surface area contributed by atoms with Gasteiger partial charge < -0.3 is 4.90 Å². The molecule has 1 aliphatic rings. The van der Waals surface area contributed by atoms with Crippen molar-refractivity contribution in [2.75, 3.05) is 18.0 Å². The van der Waals surface area contributed by atoms with Gasteiger partial charge in [-0.1, -0.05) is 6.92 Å². The first-order chi connectivity index (χ1) is 7.38. The Kier molecular flexibility index (Phi) is 2.09. The molecule has 0 radical (unpaired) electrons. The van der Waals surface area contributed by atoms with Crippen molar-refractivity contribution in [3.8, 4) is 0 Å². The smallest absolute Gasteiger partial charge is 0.140 e. The third-order valence-corrected chi connectivity index (χ3v) is 4.05. The van der Waals surface area contributed by atoms with E-state index in [1.54, 1.807) is 17.7 Å². The molecule has 0 aliphatic carbocycles. The van der Waals surface area contributed by atoms with Crippen molar-refractivity contribution in [2.24, 2.45) is 0 Å². The van der Waals surface area contributed by atoms with Crippen LogP contribution < -0.4 is 4.90 Å². The van der Waals surface area contributed by atoms with E-state index in [1.165, 1.54) is 16.7 Å². The van der Waals surface area contributed by atoms with Crippen molar-refractivity contribution in [1.82, 2.24) is 9.97 Å².